The predicted molar refractivity (Wildman–Crippen MR) is 73.7 cm³/mol. The fourth-order valence-electron chi connectivity index (χ4n) is 1.94. The summed E-state index contributed by atoms with van der Waals surface area (Å²) in [6.07, 6.45) is 1.68. The van der Waals surface area contributed by atoms with Gasteiger partial charge in [-0.3, -0.25) is 4.79 Å². The van der Waals surface area contributed by atoms with Crippen LogP contribution in [0, 0.1) is 11.3 Å². The van der Waals surface area contributed by atoms with E-state index in [1.165, 1.54) is 4.90 Å². The van der Waals surface area contributed by atoms with Crippen molar-refractivity contribution in [1.29, 1.82) is 5.26 Å². The SMILES string of the molecule is CN(C(=O)c1cc(N)cn1C)c1ccccc1C#N. The Hall–Kier alpha value is -2.74. The molecule has 19 heavy (non-hydrogen) atoms. The molecule has 1 amide bonds. The minimum absolute atomic E-state index is 0.207. The number of hydrogen-bond donors (Lipinski definition) is 1. The summed E-state index contributed by atoms with van der Waals surface area (Å²) in [5.74, 6) is -0.207. The Kier molecular flexibility index (Phi) is 3.25. The van der Waals surface area contributed by atoms with Gasteiger partial charge in [-0.25, -0.2) is 0 Å². The second-order valence-corrected chi connectivity index (χ2v) is 4.26. The molecule has 0 fully saturated rings. The van der Waals surface area contributed by atoms with E-state index in [1.807, 2.05) is 0 Å². The van der Waals surface area contributed by atoms with E-state index in [1.54, 1.807) is 55.2 Å². The molecular formula is C14H14N4O. The number of aromatic nitrogens is 1. The second-order valence-electron chi connectivity index (χ2n) is 4.26. The number of nitrogens with two attached hydrogens (primary N) is 1. The van der Waals surface area contributed by atoms with E-state index in [2.05, 4.69) is 6.07 Å². The van der Waals surface area contributed by atoms with Crippen LogP contribution >= 0.6 is 0 Å². The molecule has 5 heteroatoms. The van der Waals surface area contributed by atoms with Crippen molar-refractivity contribution in [2.75, 3.05) is 17.7 Å². The number of nitriles is 1. The van der Waals surface area contributed by atoms with Crippen LogP contribution in [0.1, 0.15) is 16.1 Å². The second kappa shape index (κ2) is 4.86. The van der Waals surface area contributed by atoms with Gasteiger partial charge >= 0.3 is 0 Å². The maximum atomic E-state index is 12.4. The van der Waals surface area contributed by atoms with E-state index < -0.39 is 0 Å². The highest BCUT2D eigenvalue weighted by Gasteiger charge is 2.18. The minimum Gasteiger partial charge on any atom is -0.397 e. The number of hydrogen-bond acceptors (Lipinski definition) is 3. The van der Waals surface area contributed by atoms with Crippen molar-refractivity contribution in [1.82, 2.24) is 4.57 Å². The van der Waals surface area contributed by atoms with Gasteiger partial charge in [-0.1, -0.05) is 12.1 Å². The third-order valence-electron chi connectivity index (χ3n) is 2.94. The number of rotatable bonds is 2. The van der Waals surface area contributed by atoms with Crippen molar-refractivity contribution in [3.05, 3.63) is 47.8 Å². The molecule has 0 atom stereocenters. The Morgan fingerprint density at radius 2 is 2.11 bits per heavy atom. The zero-order chi connectivity index (χ0) is 14.0. The van der Waals surface area contributed by atoms with Crippen LogP contribution in [0.4, 0.5) is 11.4 Å². The summed E-state index contributed by atoms with van der Waals surface area (Å²) in [5.41, 5.74) is 7.72. The lowest BCUT2D eigenvalue weighted by molar-refractivity contribution is 0.0985. The lowest BCUT2D eigenvalue weighted by Crippen LogP contribution is -2.28. The highest BCUT2D eigenvalue weighted by molar-refractivity contribution is 6.05. The van der Waals surface area contributed by atoms with Gasteiger partial charge in [-0.15, -0.1) is 0 Å². The maximum absolute atomic E-state index is 12.4. The van der Waals surface area contributed by atoms with Crippen molar-refractivity contribution in [3.63, 3.8) is 0 Å². The first-order valence-corrected chi connectivity index (χ1v) is 5.73. The van der Waals surface area contributed by atoms with Crippen LogP contribution < -0.4 is 10.6 Å². The average molecular weight is 254 g/mol. The van der Waals surface area contributed by atoms with Crippen molar-refractivity contribution in [3.8, 4) is 6.07 Å². The van der Waals surface area contributed by atoms with E-state index in [9.17, 15) is 4.79 Å². The molecule has 0 aliphatic rings. The summed E-state index contributed by atoms with van der Waals surface area (Å²) in [7, 11) is 3.40. The molecule has 96 valence electrons. The van der Waals surface area contributed by atoms with Crippen LogP contribution in [0.3, 0.4) is 0 Å². The lowest BCUT2D eigenvalue weighted by atomic mass is 10.1. The fraction of sp³-hybridized carbons (Fsp3) is 0.143. The van der Waals surface area contributed by atoms with Crippen molar-refractivity contribution in [2.24, 2.45) is 7.05 Å². The molecule has 0 aliphatic heterocycles. The Morgan fingerprint density at radius 1 is 1.42 bits per heavy atom. The van der Waals surface area contributed by atoms with E-state index in [-0.39, 0.29) is 5.91 Å². The maximum Gasteiger partial charge on any atom is 0.274 e. The number of anilines is 2. The van der Waals surface area contributed by atoms with Crippen LogP contribution in [0.15, 0.2) is 36.5 Å². The van der Waals surface area contributed by atoms with E-state index in [4.69, 9.17) is 11.0 Å². The number of carbonyl (C=O) groups excluding carboxylic acids is 1. The first-order valence-electron chi connectivity index (χ1n) is 5.73. The van der Waals surface area contributed by atoms with Gasteiger partial charge < -0.3 is 15.2 Å². The Morgan fingerprint density at radius 3 is 2.68 bits per heavy atom. The molecule has 0 saturated carbocycles. The van der Waals surface area contributed by atoms with Crippen LogP contribution in [-0.2, 0) is 7.05 Å². The molecule has 1 aromatic carbocycles. The standard InChI is InChI=1S/C14H14N4O/c1-17-9-11(16)7-13(17)14(19)18(2)12-6-4-3-5-10(12)8-15/h3-7,9H,16H2,1-2H3. The fourth-order valence-corrected chi connectivity index (χ4v) is 1.94. The van der Waals surface area contributed by atoms with E-state index in [0.29, 0.717) is 22.6 Å². The molecule has 0 bridgehead atoms. The third-order valence-corrected chi connectivity index (χ3v) is 2.94. The average Bonchev–Trinajstić information content (AvgIpc) is 2.76. The van der Waals surface area contributed by atoms with Crippen LogP contribution in [0.5, 0.6) is 0 Å². The van der Waals surface area contributed by atoms with Crippen molar-refractivity contribution in [2.45, 2.75) is 0 Å². The van der Waals surface area contributed by atoms with Crippen LogP contribution in [-0.4, -0.2) is 17.5 Å². The van der Waals surface area contributed by atoms with Crippen molar-refractivity contribution < 1.29 is 4.79 Å². The highest BCUT2D eigenvalue weighted by Crippen LogP contribution is 2.21. The van der Waals surface area contributed by atoms with Crippen LogP contribution in [0.25, 0.3) is 0 Å². The molecule has 0 unspecified atom stereocenters. The van der Waals surface area contributed by atoms with E-state index >= 15 is 0 Å². The number of benzene rings is 1. The minimum atomic E-state index is -0.207. The molecular weight excluding hydrogens is 240 g/mol. The summed E-state index contributed by atoms with van der Waals surface area (Å²) in [4.78, 5) is 13.8. The molecule has 0 saturated heterocycles. The summed E-state index contributed by atoms with van der Waals surface area (Å²) in [5, 5.41) is 9.07. The number of carbonyl (C=O) groups is 1. The monoisotopic (exact) mass is 254 g/mol. The largest absolute Gasteiger partial charge is 0.397 e. The van der Waals surface area contributed by atoms with Gasteiger partial charge in [0.1, 0.15) is 11.8 Å². The molecule has 0 radical (unpaired) electrons. The van der Waals surface area contributed by atoms with E-state index in [0.717, 1.165) is 0 Å². The Labute approximate surface area is 111 Å². The molecule has 2 rings (SSSR count). The summed E-state index contributed by atoms with van der Waals surface area (Å²) < 4.78 is 1.67. The number of amides is 1. The third kappa shape index (κ3) is 2.29. The quantitative estimate of drug-likeness (QED) is 0.887. The number of aryl methyl sites for hydroxylation is 1. The number of nitrogens with zero attached hydrogens (tertiary/aromatic N) is 3. The molecule has 0 aliphatic carbocycles. The van der Waals surface area contributed by atoms with Gasteiger partial charge in [0.2, 0.25) is 0 Å². The first kappa shape index (κ1) is 12.7. The summed E-state index contributed by atoms with van der Waals surface area (Å²) in [6.45, 7) is 0. The van der Waals surface area contributed by atoms with Gasteiger partial charge in [-0.2, -0.15) is 5.26 Å². The predicted octanol–water partition coefficient (Wildman–Crippen LogP) is 1.76. The highest BCUT2D eigenvalue weighted by atomic mass is 16.2. The molecule has 1 heterocycles. The molecule has 2 N–H and O–H groups in total. The van der Waals surface area contributed by atoms with Gasteiger partial charge in [0, 0.05) is 20.3 Å². The molecule has 1 aromatic heterocycles. The Bertz CT molecular complexity index is 666. The smallest absolute Gasteiger partial charge is 0.274 e. The normalized spacial score (nSPS) is 9.95. The number of para-hydroxylation sites is 1. The number of nitrogen functional groups attached to an aromatic ring is 1. The topological polar surface area (TPSA) is 75.0 Å². The summed E-state index contributed by atoms with van der Waals surface area (Å²) in [6, 6.07) is 10.7. The molecule has 2 aromatic rings. The van der Waals surface area contributed by atoms with Crippen LogP contribution in [0.2, 0.25) is 0 Å². The molecule has 5 nitrogen and oxygen atoms in total. The van der Waals surface area contributed by atoms with Crippen molar-refractivity contribution >= 4 is 17.3 Å². The van der Waals surface area contributed by atoms with Gasteiger partial charge in [0.05, 0.1) is 16.9 Å². The summed E-state index contributed by atoms with van der Waals surface area (Å²) >= 11 is 0. The van der Waals surface area contributed by atoms with Gasteiger partial charge in [-0.05, 0) is 18.2 Å². The zero-order valence-electron chi connectivity index (χ0n) is 10.8. The zero-order valence-corrected chi connectivity index (χ0v) is 10.8. The van der Waals surface area contributed by atoms with Gasteiger partial charge in [0.25, 0.3) is 5.91 Å². The van der Waals surface area contributed by atoms with Gasteiger partial charge in [0.15, 0.2) is 0 Å². The molecule has 0 spiro atoms. The Balaban J connectivity index is 2.40. The lowest BCUT2D eigenvalue weighted by Gasteiger charge is -2.18. The first-order chi connectivity index (χ1) is 9.04.